The Morgan fingerprint density at radius 2 is 1.96 bits per heavy atom. The Balaban J connectivity index is 1.70. The molecule has 1 unspecified atom stereocenters. The summed E-state index contributed by atoms with van der Waals surface area (Å²) in [6.07, 6.45) is 13.5. The number of hydrogen-bond acceptors (Lipinski definition) is 1. The molecule has 0 heterocycles. The van der Waals surface area contributed by atoms with Crippen molar-refractivity contribution in [3.8, 4) is 0 Å². The maximum atomic E-state index is 12.4. The Bertz CT molecular complexity index is 546. The third kappa shape index (κ3) is 2.07. The van der Waals surface area contributed by atoms with Gasteiger partial charge in [0.15, 0.2) is 0 Å². The van der Waals surface area contributed by atoms with Crippen molar-refractivity contribution in [1.82, 2.24) is 0 Å². The zero-order valence-corrected chi connectivity index (χ0v) is 15.5. The van der Waals surface area contributed by atoms with Crippen molar-refractivity contribution in [3.63, 3.8) is 0 Å². The molecule has 0 amide bonds. The van der Waals surface area contributed by atoms with Crippen LogP contribution in [-0.2, 0) is 4.79 Å². The van der Waals surface area contributed by atoms with Crippen LogP contribution in [0.2, 0.25) is 0 Å². The summed E-state index contributed by atoms with van der Waals surface area (Å²) in [7, 11) is 0. The Labute approximate surface area is 142 Å². The van der Waals surface area contributed by atoms with Gasteiger partial charge in [-0.2, -0.15) is 0 Å². The van der Waals surface area contributed by atoms with Crippen LogP contribution in [0.3, 0.4) is 0 Å². The van der Waals surface area contributed by atoms with Crippen LogP contribution < -0.4 is 0 Å². The molecule has 0 N–H and O–H groups in total. The minimum Gasteiger partial charge on any atom is -0.300 e. The first-order chi connectivity index (χ1) is 10.9. The molecule has 0 bridgehead atoms. The maximum Gasteiger partial charge on any atom is 0.133 e. The molecule has 0 radical (unpaired) electrons. The molecule has 23 heavy (non-hydrogen) atoms. The van der Waals surface area contributed by atoms with E-state index in [0.717, 1.165) is 17.8 Å². The Kier molecular flexibility index (Phi) is 3.60. The average molecular weight is 315 g/mol. The molecule has 3 fully saturated rings. The highest BCUT2D eigenvalue weighted by Crippen LogP contribution is 2.67. The van der Waals surface area contributed by atoms with Crippen LogP contribution in [0.1, 0.15) is 79.1 Å². The van der Waals surface area contributed by atoms with Crippen LogP contribution in [0.15, 0.2) is 11.6 Å². The van der Waals surface area contributed by atoms with E-state index < -0.39 is 0 Å². The fourth-order valence-electron chi connectivity index (χ4n) is 7.93. The molecule has 0 saturated heterocycles. The molecule has 128 valence electrons. The summed E-state index contributed by atoms with van der Waals surface area (Å²) in [5.74, 6) is 3.87. The lowest BCUT2D eigenvalue weighted by Crippen LogP contribution is -2.50. The maximum absolute atomic E-state index is 12.4. The fourth-order valence-corrected chi connectivity index (χ4v) is 7.93. The van der Waals surface area contributed by atoms with Gasteiger partial charge < -0.3 is 0 Å². The molecule has 4 rings (SSSR count). The zero-order chi connectivity index (χ0) is 16.4. The van der Waals surface area contributed by atoms with Crippen molar-refractivity contribution < 1.29 is 4.79 Å². The predicted octanol–water partition coefficient (Wildman–Crippen LogP) is 5.79. The molecular weight excluding hydrogens is 280 g/mol. The van der Waals surface area contributed by atoms with Gasteiger partial charge >= 0.3 is 0 Å². The van der Waals surface area contributed by atoms with E-state index in [1.54, 1.807) is 5.57 Å². The van der Waals surface area contributed by atoms with Crippen molar-refractivity contribution >= 4 is 5.78 Å². The van der Waals surface area contributed by atoms with Gasteiger partial charge in [0.25, 0.3) is 0 Å². The standard InChI is InChI=1S/C22H34O/c1-14-13-19-17-9-8-16-7-5-6-11-21(16,3)18(17)10-12-22(19,4)20(14)15(2)23/h8,14,17-20H,5-7,9-13H2,1-4H3/t14?,17-,18+,19+,20-,21+,22+/m1/s1. The number of carbonyl (C=O) groups excluding carboxylic acids is 1. The monoisotopic (exact) mass is 314 g/mol. The van der Waals surface area contributed by atoms with Gasteiger partial charge in [-0.05, 0) is 86.4 Å². The minimum absolute atomic E-state index is 0.281. The van der Waals surface area contributed by atoms with Crippen molar-refractivity contribution in [2.75, 3.05) is 0 Å². The Hall–Kier alpha value is -0.590. The summed E-state index contributed by atoms with van der Waals surface area (Å²) in [6, 6.07) is 0. The van der Waals surface area contributed by atoms with Crippen LogP contribution in [0.4, 0.5) is 0 Å². The Morgan fingerprint density at radius 3 is 2.70 bits per heavy atom. The first-order valence-corrected chi connectivity index (χ1v) is 10.1. The lowest BCUT2D eigenvalue weighted by atomic mass is 9.47. The van der Waals surface area contributed by atoms with E-state index in [0.29, 0.717) is 23.0 Å². The smallest absolute Gasteiger partial charge is 0.133 e. The average Bonchev–Trinajstić information content (AvgIpc) is 2.77. The molecule has 1 nitrogen and oxygen atoms in total. The topological polar surface area (TPSA) is 17.1 Å². The summed E-state index contributed by atoms with van der Waals surface area (Å²) in [5, 5.41) is 0. The normalized spacial score (nSPS) is 52.2. The predicted molar refractivity (Wildman–Crippen MR) is 95.0 cm³/mol. The molecule has 4 aliphatic rings. The second kappa shape index (κ2) is 5.20. The van der Waals surface area contributed by atoms with Crippen LogP contribution >= 0.6 is 0 Å². The molecule has 7 atom stereocenters. The molecule has 0 aliphatic heterocycles. The summed E-state index contributed by atoms with van der Waals surface area (Å²) in [5.41, 5.74) is 2.56. The molecule has 0 aromatic rings. The lowest BCUT2D eigenvalue weighted by molar-refractivity contribution is -0.128. The van der Waals surface area contributed by atoms with Crippen LogP contribution in [0.5, 0.6) is 0 Å². The third-order valence-electron chi connectivity index (χ3n) is 8.80. The summed E-state index contributed by atoms with van der Waals surface area (Å²) in [4.78, 5) is 12.4. The summed E-state index contributed by atoms with van der Waals surface area (Å²) >= 11 is 0. The number of ketones is 1. The van der Waals surface area contributed by atoms with Crippen molar-refractivity contribution in [2.24, 2.45) is 40.4 Å². The molecule has 1 heteroatoms. The largest absolute Gasteiger partial charge is 0.300 e. The second-order valence-electron chi connectivity index (χ2n) is 9.81. The molecule has 0 aromatic heterocycles. The molecule has 4 aliphatic carbocycles. The van der Waals surface area contributed by atoms with Gasteiger partial charge in [0.1, 0.15) is 5.78 Å². The zero-order valence-electron chi connectivity index (χ0n) is 15.5. The van der Waals surface area contributed by atoms with Gasteiger partial charge in [0.2, 0.25) is 0 Å². The van der Waals surface area contributed by atoms with Crippen molar-refractivity contribution in [1.29, 1.82) is 0 Å². The SMILES string of the molecule is CC(=O)[C@H]1C(C)C[C@H]2[C@@H]3CC=C4CCCC[C@]4(C)[C@H]3CC[C@]12C. The van der Waals surface area contributed by atoms with Crippen LogP contribution in [0, 0.1) is 40.4 Å². The number of allylic oxidation sites excluding steroid dienone is 2. The quantitative estimate of drug-likeness (QED) is 0.560. The van der Waals surface area contributed by atoms with E-state index in [4.69, 9.17) is 0 Å². The molecule has 3 saturated carbocycles. The van der Waals surface area contributed by atoms with Gasteiger partial charge in [-0.3, -0.25) is 4.79 Å². The molecule has 0 aromatic carbocycles. The number of rotatable bonds is 1. The van der Waals surface area contributed by atoms with E-state index in [1.807, 2.05) is 6.92 Å². The van der Waals surface area contributed by atoms with Gasteiger partial charge in [-0.1, -0.05) is 38.8 Å². The van der Waals surface area contributed by atoms with Gasteiger partial charge in [-0.25, -0.2) is 0 Å². The highest BCUT2D eigenvalue weighted by atomic mass is 16.1. The first-order valence-electron chi connectivity index (χ1n) is 10.1. The van der Waals surface area contributed by atoms with E-state index in [9.17, 15) is 4.79 Å². The number of carbonyl (C=O) groups is 1. The van der Waals surface area contributed by atoms with Gasteiger partial charge in [-0.15, -0.1) is 0 Å². The first kappa shape index (κ1) is 15.9. The number of fused-ring (bicyclic) bond motifs is 5. The highest BCUT2D eigenvalue weighted by molar-refractivity contribution is 5.80. The number of hydrogen-bond donors (Lipinski definition) is 0. The van der Waals surface area contributed by atoms with Crippen LogP contribution in [0.25, 0.3) is 0 Å². The summed E-state index contributed by atoms with van der Waals surface area (Å²) < 4.78 is 0. The van der Waals surface area contributed by atoms with E-state index in [-0.39, 0.29) is 5.41 Å². The second-order valence-corrected chi connectivity index (χ2v) is 9.81. The van der Waals surface area contributed by atoms with E-state index in [1.165, 1.54) is 51.4 Å². The van der Waals surface area contributed by atoms with Crippen LogP contribution in [-0.4, -0.2) is 5.78 Å². The van der Waals surface area contributed by atoms with Crippen molar-refractivity contribution in [2.45, 2.75) is 79.1 Å². The Morgan fingerprint density at radius 1 is 1.17 bits per heavy atom. The summed E-state index contributed by atoms with van der Waals surface area (Å²) in [6.45, 7) is 9.24. The lowest BCUT2D eigenvalue weighted by Gasteiger charge is -2.57. The van der Waals surface area contributed by atoms with E-state index >= 15 is 0 Å². The third-order valence-corrected chi connectivity index (χ3v) is 8.80. The fraction of sp³-hybridized carbons (Fsp3) is 0.864. The molecule has 0 spiro atoms. The van der Waals surface area contributed by atoms with Gasteiger partial charge in [0, 0.05) is 5.92 Å². The molecular formula is C22H34O. The van der Waals surface area contributed by atoms with Crippen molar-refractivity contribution in [3.05, 3.63) is 11.6 Å². The highest BCUT2D eigenvalue weighted by Gasteiger charge is 2.60. The number of Topliss-reactive ketones (excluding diaryl/α,β-unsaturated/α-hetero) is 1. The van der Waals surface area contributed by atoms with E-state index in [2.05, 4.69) is 26.8 Å². The van der Waals surface area contributed by atoms with Gasteiger partial charge in [0.05, 0.1) is 0 Å². The minimum atomic E-state index is 0.281.